The van der Waals surface area contributed by atoms with Gasteiger partial charge in [-0.25, -0.2) is 8.78 Å². The molecule has 0 aliphatic carbocycles. The topological polar surface area (TPSA) is 29.1 Å². The number of hydrogen-bond donors (Lipinski definition) is 1. The number of nitrogens with one attached hydrogen (secondary N) is 1. The molecule has 1 amide bonds. The first-order valence-electron chi connectivity index (χ1n) is 4.07. The van der Waals surface area contributed by atoms with Gasteiger partial charge in [0, 0.05) is 18.4 Å². The van der Waals surface area contributed by atoms with Crippen molar-refractivity contribution in [1.82, 2.24) is 5.32 Å². The van der Waals surface area contributed by atoms with Crippen LogP contribution in [0.25, 0.3) is 0 Å². The van der Waals surface area contributed by atoms with Gasteiger partial charge in [0.05, 0.1) is 0 Å². The first-order chi connectivity index (χ1) is 5.41. The molecule has 0 aromatic carbocycles. The molecule has 0 bridgehead atoms. The summed E-state index contributed by atoms with van der Waals surface area (Å²) >= 11 is 0. The van der Waals surface area contributed by atoms with E-state index in [9.17, 15) is 13.6 Å². The van der Waals surface area contributed by atoms with E-state index in [2.05, 4.69) is 5.32 Å². The lowest BCUT2D eigenvalue weighted by molar-refractivity contribution is -0.131. The van der Waals surface area contributed by atoms with E-state index in [4.69, 9.17) is 0 Å². The maximum absolute atomic E-state index is 12.8. The normalized spacial score (nSPS) is 31.5. The van der Waals surface area contributed by atoms with Gasteiger partial charge in [-0.15, -0.1) is 0 Å². The lowest BCUT2D eigenvalue weighted by atomic mass is 9.87. The van der Waals surface area contributed by atoms with Crippen molar-refractivity contribution in [3.63, 3.8) is 0 Å². The van der Waals surface area contributed by atoms with Crippen molar-refractivity contribution in [1.29, 1.82) is 0 Å². The number of amides is 1. The van der Waals surface area contributed by atoms with Crippen LogP contribution in [0.5, 0.6) is 0 Å². The summed E-state index contributed by atoms with van der Waals surface area (Å²) in [5.74, 6) is -3.78. The summed E-state index contributed by atoms with van der Waals surface area (Å²) in [4.78, 5) is 10.9. The van der Waals surface area contributed by atoms with E-state index >= 15 is 0 Å². The van der Waals surface area contributed by atoms with E-state index in [0.29, 0.717) is 0 Å². The Morgan fingerprint density at radius 1 is 1.58 bits per heavy atom. The third kappa shape index (κ3) is 1.93. The van der Waals surface area contributed by atoms with E-state index in [1.165, 1.54) is 0 Å². The predicted molar refractivity (Wildman–Crippen MR) is 40.9 cm³/mol. The van der Waals surface area contributed by atoms with Gasteiger partial charge in [-0.2, -0.15) is 0 Å². The van der Waals surface area contributed by atoms with E-state index in [1.54, 1.807) is 6.92 Å². The second kappa shape index (κ2) is 2.99. The van der Waals surface area contributed by atoms with Crippen LogP contribution >= 0.6 is 0 Å². The standard InChI is InChI=1S/C8H13F2NO/c1-5-3-6(8(2,9)10)4-11-7(5)12/h5-6H,3-4H2,1-2H3,(H,11,12). The van der Waals surface area contributed by atoms with Crippen molar-refractivity contribution in [2.45, 2.75) is 26.2 Å². The second-order valence-corrected chi connectivity index (χ2v) is 3.54. The van der Waals surface area contributed by atoms with Crippen LogP contribution in [0.4, 0.5) is 8.78 Å². The van der Waals surface area contributed by atoms with Crippen molar-refractivity contribution < 1.29 is 13.6 Å². The Morgan fingerprint density at radius 2 is 2.17 bits per heavy atom. The molecule has 2 unspecified atom stereocenters. The quantitative estimate of drug-likeness (QED) is 0.644. The number of piperidine rings is 1. The maximum atomic E-state index is 12.8. The van der Waals surface area contributed by atoms with E-state index in [0.717, 1.165) is 6.92 Å². The van der Waals surface area contributed by atoms with E-state index in [1.807, 2.05) is 0 Å². The van der Waals surface area contributed by atoms with Gasteiger partial charge in [-0.05, 0) is 13.3 Å². The lowest BCUT2D eigenvalue weighted by Gasteiger charge is -2.30. The number of carbonyl (C=O) groups is 1. The minimum Gasteiger partial charge on any atom is -0.355 e. The van der Waals surface area contributed by atoms with Crippen molar-refractivity contribution in [2.24, 2.45) is 11.8 Å². The van der Waals surface area contributed by atoms with E-state index in [-0.39, 0.29) is 24.8 Å². The Balaban J connectivity index is 2.57. The highest BCUT2D eigenvalue weighted by Crippen LogP contribution is 2.31. The Hall–Kier alpha value is -0.670. The zero-order valence-corrected chi connectivity index (χ0v) is 7.23. The molecule has 70 valence electrons. The fourth-order valence-electron chi connectivity index (χ4n) is 1.40. The molecule has 0 aromatic rings. The van der Waals surface area contributed by atoms with Gasteiger partial charge in [0.1, 0.15) is 0 Å². The largest absolute Gasteiger partial charge is 0.355 e. The van der Waals surface area contributed by atoms with Gasteiger partial charge in [-0.1, -0.05) is 6.92 Å². The molecule has 4 heteroatoms. The number of hydrogen-bond acceptors (Lipinski definition) is 1. The summed E-state index contributed by atoms with van der Waals surface area (Å²) in [6.07, 6.45) is 0.287. The van der Waals surface area contributed by atoms with Crippen LogP contribution in [0, 0.1) is 11.8 Å². The Morgan fingerprint density at radius 3 is 2.58 bits per heavy atom. The van der Waals surface area contributed by atoms with Crippen LogP contribution in [-0.2, 0) is 4.79 Å². The molecule has 0 aromatic heterocycles. The predicted octanol–water partition coefficient (Wildman–Crippen LogP) is 1.41. The third-order valence-corrected chi connectivity index (χ3v) is 2.33. The molecular weight excluding hydrogens is 164 g/mol. The molecule has 1 N–H and O–H groups in total. The highest BCUT2D eigenvalue weighted by molar-refractivity contribution is 5.79. The zero-order chi connectivity index (χ0) is 9.35. The minimum absolute atomic E-state index is 0.104. The monoisotopic (exact) mass is 177 g/mol. The third-order valence-electron chi connectivity index (χ3n) is 2.33. The highest BCUT2D eigenvalue weighted by Gasteiger charge is 2.39. The molecule has 0 spiro atoms. The first kappa shape index (κ1) is 9.42. The number of alkyl halides is 2. The molecule has 1 saturated heterocycles. The van der Waals surface area contributed by atoms with Gasteiger partial charge in [0.15, 0.2) is 0 Å². The van der Waals surface area contributed by atoms with Crippen LogP contribution in [0.3, 0.4) is 0 Å². The van der Waals surface area contributed by atoms with Crippen LogP contribution in [0.1, 0.15) is 20.3 Å². The molecule has 1 aliphatic heterocycles. The number of rotatable bonds is 1. The summed E-state index contributed by atoms with van der Waals surface area (Å²) in [6, 6.07) is 0. The molecular formula is C8H13F2NO. The molecule has 2 nitrogen and oxygen atoms in total. The van der Waals surface area contributed by atoms with Gasteiger partial charge >= 0.3 is 0 Å². The molecule has 0 radical (unpaired) electrons. The fourth-order valence-corrected chi connectivity index (χ4v) is 1.40. The van der Waals surface area contributed by atoms with Gasteiger partial charge < -0.3 is 5.32 Å². The number of carbonyl (C=O) groups excluding carboxylic acids is 1. The average Bonchev–Trinajstić information content (AvgIpc) is 1.92. The SMILES string of the molecule is CC1CC(C(C)(F)F)CNC1=O. The van der Waals surface area contributed by atoms with Crippen molar-refractivity contribution in [2.75, 3.05) is 6.54 Å². The minimum atomic E-state index is -2.68. The molecule has 2 atom stereocenters. The van der Waals surface area contributed by atoms with Crippen LogP contribution in [0.2, 0.25) is 0 Å². The molecule has 12 heavy (non-hydrogen) atoms. The summed E-state index contributed by atoms with van der Waals surface area (Å²) < 4.78 is 25.5. The smallest absolute Gasteiger partial charge is 0.249 e. The maximum Gasteiger partial charge on any atom is 0.249 e. The Labute approximate surface area is 70.3 Å². The molecule has 1 heterocycles. The van der Waals surface area contributed by atoms with Gasteiger partial charge in [-0.3, -0.25) is 4.79 Å². The van der Waals surface area contributed by atoms with Crippen LogP contribution < -0.4 is 5.32 Å². The molecule has 1 aliphatic rings. The van der Waals surface area contributed by atoms with E-state index < -0.39 is 11.8 Å². The lowest BCUT2D eigenvalue weighted by Crippen LogP contribution is -2.46. The summed E-state index contributed by atoms with van der Waals surface area (Å²) in [5.41, 5.74) is 0. The van der Waals surface area contributed by atoms with Crippen molar-refractivity contribution >= 4 is 5.91 Å². The number of halogens is 2. The second-order valence-electron chi connectivity index (χ2n) is 3.54. The zero-order valence-electron chi connectivity index (χ0n) is 7.23. The summed E-state index contributed by atoms with van der Waals surface area (Å²) in [7, 11) is 0. The van der Waals surface area contributed by atoms with Gasteiger partial charge in [0.2, 0.25) is 11.8 Å². The van der Waals surface area contributed by atoms with Crippen LogP contribution in [-0.4, -0.2) is 18.4 Å². The molecule has 0 saturated carbocycles. The molecule has 1 rings (SSSR count). The summed E-state index contributed by atoms with van der Waals surface area (Å²) in [6.45, 7) is 2.68. The molecule has 1 fully saturated rings. The van der Waals surface area contributed by atoms with Crippen molar-refractivity contribution in [3.8, 4) is 0 Å². The highest BCUT2D eigenvalue weighted by atomic mass is 19.3. The average molecular weight is 177 g/mol. The Bertz CT molecular complexity index is 188. The fraction of sp³-hybridized carbons (Fsp3) is 0.875. The van der Waals surface area contributed by atoms with Crippen molar-refractivity contribution in [3.05, 3.63) is 0 Å². The summed E-state index contributed by atoms with van der Waals surface area (Å²) in [5, 5.41) is 2.47. The van der Waals surface area contributed by atoms with Gasteiger partial charge in [0.25, 0.3) is 0 Å². The van der Waals surface area contributed by atoms with Crippen LogP contribution in [0.15, 0.2) is 0 Å². The Kier molecular flexibility index (Phi) is 2.35. The first-order valence-corrected chi connectivity index (χ1v) is 4.07.